The van der Waals surface area contributed by atoms with Crippen molar-refractivity contribution in [3.8, 4) is 5.75 Å². The number of carbonyl (C=O) groups is 3. The number of amides is 3. The number of carbonyl (C=O) groups excluding carboxylic acids is 3. The van der Waals surface area contributed by atoms with E-state index in [1.54, 1.807) is 24.3 Å². The zero-order chi connectivity index (χ0) is 27.7. The highest BCUT2D eigenvalue weighted by Crippen LogP contribution is 2.38. The second-order valence-electron chi connectivity index (χ2n) is 10.5. The Morgan fingerprint density at radius 1 is 1.05 bits per heavy atom. The van der Waals surface area contributed by atoms with Crippen molar-refractivity contribution in [2.75, 3.05) is 60.1 Å². The van der Waals surface area contributed by atoms with Crippen molar-refractivity contribution in [1.82, 2.24) is 24.7 Å². The largest absolute Gasteiger partial charge is 0.494 e. The number of ether oxygens (including phenoxy) is 2. The molecule has 0 N–H and O–H groups in total. The fraction of sp³-hybridized carbons (Fsp3) is 0.552. The topological polar surface area (TPSA) is 105 Å². The van der Waals surface area contributed by atoms with Crippen LogP contribution in [0.2, 0.25) is 0 Å². The van der Waals surface area contributed by atoms with Gasteiger partial charge in [0.1, 0.15) is 11.4 Å². The van der Waals surface area contributed by atoms with Gasteiger partial charge in [0, 0.05) is 64.8 Å². The van der Waals surface area contributed by atoms with Crippen LogP contribution in [0.1, 0.15) is 59.4 Å². The van der Waals surface area contributed by atoms with Crippen molar-refractivity contribution in [1.29, 1.82) is 0 Å². The van der Waals surface area contributed by atoms with Gasteiger partial charge in [0.2, 0.25) is 5.91 Å². The van der Waals surface area contributed by atoms with E-state index in [9.17, 15) is 14.4 Å². The lowest BCUT2D eigenvalue weighted by molar-refractivity contribution is -0.134. The van der Waals surface area contributed by atoms with Crippen LogP contribution >= 0.6 is 0 Å². The molecule has 2 bridgehead atoms. The summed E-state index contributed by atoms with van der Waals surface area (Å²) >= 11 is 0. The third-order valence-electron chi connectivity index (χ3n) is 7.74. The molecule has 3 heterocycles. The van der Waals surface area contributed by atoms with E-state index in [-0.39, 0.29) is 23.1 Å². The molecule has 1 saturated heterocycles. The summed E-state index contributed by atoms with van der Waals surface area (Å²) in [6.45, 7) is 3.81. The number of methoxy groups -OCH3 is 1. The summed E-state index contributed by atoms with van der Waals surface area (Å²) in [6.07, 6.45) is 8.81. The molecule has 2 aliphatic rings. The minimum absolute atomic E-state index is 0.0484. The number of rotatable bonds is 4. The standard InChI is InChI=1S/C29H39N5O5/c1-32-22-29(10-16-33(17-11-29)26(35)8-19-38-2)9-4-14-34(28(37)25-21-30-12-13-31-25)15-5-18-39-24-7-3-6-23(20-24)27(32)36/h3,6-7,12-13,20-21H,4-5,8-11,14-19,22H2,1-2H3. The van der Waals surface area contributed by atoms with Gasteiger partial charge in [-0.3, -0.25) is 19.4 Å². The Morgan fingerprint density at radius 2 is 1.85 bits per heavy atom. The van der Waals surface area contributed by atoms with Crippen molar-refractivity contribution < 1.29 is 23.9 Å². The number of nitrogens with zero attached hydrogens (tertiary/aromatic N) is 5. The molecule has 1 aromatic heterocycles. The molecule has 0 unspecified atom stereocenters. The fourth-order valence-electron chi connectivity index (χ4n) is 5.56. The van der Waals surface area contributed by atoms with E-state index in [2.05, 4.69) is 9.97 Å². The quantitative estimate of drug-likeness (QED) is 0.591. The molecule has 4 rings (SSSR count). The normalized spacial score (nSPS) is 18.7. The number of piperidine rings is 1. The first-order chi connectivity index (χ1) is 18.9. The third-order valence-corrected chi connectivity index (χ3v) is 7.74. The van der Waals surface area contributed by atoms with Crippen LogP contribution in [0.4, 0.5) is 0 Å². The number of fused-ring (bicyclic) bond motifs is 2. The van der Waals surface area contributed by atoms with Crippen LogP contribution in [0.5, 0.6) is 5.75 Å². The maximum Gasteiger partial charge on any atom is 0.274 e. The predicted octanol–water partition coefficient (Wildman–Crippen LogP) is 2.90. The first-order valence-electron chi connectivity index (χ1n) is 13.7. The van der Waals surface area contributed by atoms with Gasteiger partial charge < -0.3 is 24.2 Å². The summed E-state index contributed by atoms with van der Waals surface area (Å²) in [5.74, 6) is 0.543. The molecule has 1 fully saturated rings. The summed E-state index contributed by atoms with van der Waals surface area (Å²) in [5.41, 5.74) is 0.761. The van der Waals surface area contributed by atoms with E-state index in [4.69, 9.17) is 9.47 Å². The lowest BCUT2D eigenvalue weighted by atomic mass is 9.74. The molecule has 2 aromatic rings. The predicted molar refractivity (Wildman–Crippen MR) is 145 cm³/mol. The lowest BCUT2D eigenvalue weighted by Gasteiger charge is -2.44. The average molecular weight is 538 g/mol. The molecular formula is C29H39N5O5. The highest BCUT2D eigenvalue weighted by molar-refractivity contribution is 5.94. The maximum absolute atomic E-state index is 13.4. The van der Waals surface area contributed by atoms with Gasteiger partial charge in [-0.05, 0) is 55.7 Å². The smallest absolute Gasteiger partial charge is 0.274 e. The van der Waals surface area contributed by atoms with E-state index in [0.717, 1.165) is 25.7 Å². The Bertz CT molecular complexity index is 1120. The summed E-state index contributed by atoms with van der Waals surface area (Å²) in [7, 11) is 3.44. The van der Waals surface area contributed by atoms with E-state index in [1.165, 1.54) is 12.4 Å². The molecule has 39 heavy (non-hydrogen) atoms. The molecular weight excluding hydrogens is 498 g/mol. The summed E-state index contributed by atoms with van der Waals surface area (Å²) in [6, 6.07) is 7.27. The first-order valence-corrected chi connectivity index (χ1v) is 13.7. The van der Waals surface area contributed by atoms with E-state index in [1.807, 2.05) is 35.0 Å². The van der Waals surface area contributed by atoms with Gasteiger partial charge in [-0.2, -0.15) is 0 Å². The summed E-state index contributed by atoms with van der Waals surface area (Å²) in [4.78, 5) is 53.1. The highest BCUT2D eigenvalue weighted by Gasteiger charge is 2.37. The number of benzene rings is 1. The third kappa shape index (κ3) is 7.53. The minimum atomic E-state index is -0.155. The second-order valence-corrected chi connectivity index (χ2v) is 10.5. The van der Waals surface area contributed by atoms with Crippen LogP contribution in [0, 0.1) is 5.41 Å². The molecule has 3 amide bonds. The maximum atomic E-state index is 13.4. The Balaban J connectivity index is 1.54. The second kappa shape index (κ2) is 13.5. The van der Waals surface area contributed by atoms with Crippen molar-refractivity contribution in [2.45, 2.75) is 38.5 Å². The molecule has 0 radical (unpaired) electrons. The van der Waals surface area contributed by atoms with Crippen LogP contribution in [-0.4, -0.2) is 102 Å². The summed E-state index contributed by atoms with van der Waals surface area (Å²) in [5, 5.41) is 0. The van der Waals surface area contributed by atoms with Gasteiger partial charge in [0.15, 0.2) is 0 Å². The van der Waals surface area contributed by atoms with Gasteiger partial charge in [-0.25, -0.2) is 4.98 Å². The van der Waals surface area contributed by atoms with Crippen LogP contribution in [0.15, 0.2) is 42.9 Å². The Hall–Kier alpha value is -3.53. The van der Waals surface area contributed by atoms with Gasteiger partial charge >= 0.3 is 0 Å². The molecule has 0 saturated carbocycles. The zero-order valence-corrected chi connectivity index (χ0v) is 23.0. The van der Waals surface area contributed by atoms with Crippen molar-refractivity contribution in [2.24, 2.45) is 5.41 Å². The lowest BCUT2D eigenvalue weighted by Crippen LogP contribution is -2.48. The van der Waals surface area contributed by atoms with Crippen LogP contribution in [0.25, 0.3) is 0 Å². The number of likely N-dealkylation sites (tertiary alicyclic amines) is 1. The van der Waals surface area contributed by atoms with Gasteiger partial charge in [-0.1, -0.05) is 6.07 Å². The first kappa shape index (κ1) is 28.5. The van der Waals surface area contributed by atoms with Crippen molar-refractivity contribution in [3.63, 3.8) is 0 Å². The van der Waals surface area contributed by atoms with Crippen LogP contribution in [0.3, 0.4) is 0 Å². The van der Waals surface area contributed by atoms with Gasteiger partial charge in [0.05, 0.1) is 25.8 Å². The van der Waals surface area contributed by atoms with E-state index < -0.39 is 0 Å². The monoisotopic (exact) mass is 537 g/mol. The van der Waals surface area contributed by atoms with E-state index >= 15 is 0 Å². The molecule has 0 atom stereocenters. The Labute approximate surface area is 230 Å². The zero-order valence-electron chi connectivity index (χ0n) is 23.0. The highest BCUT2D eigenvalue weighted by atomic mass is 16.5. The SMILES string of the molecule is COCCC(=O)N1CCC2(CCCN(C(=O)c3cnccn3)CCCOc3cccc(c3)C(=O)N(C)C2)CC1. The molecule has 10 heteroatoms. The summed E-state index contributed by atoms with van der Waals surface area (Å²) < 4.78 is 11.0. The fourth-order valence-corrected chi connectivity index (χ4v) is 5.56. The molecule has 1 aromatic carbocycles. The van der Waals surface area contributed by atoms with Gasteiger partial charge in [-0.15, -0.1) is 0 Å². The number of hydrogen-bond donors (Lipinski definition) is 0. The van der Waals surface area contributed by atoms with Gasteiger partial charge in [0.25, 0.3) is 11.8 Å². The minimum Gasteiger partial charge on any atom is -0.494 e. The molecule has 0 aliphatic carbocycles. The molecule has 10 nitrogen and oxygen atoms in total. The molecule has 210 valence electrons. The van der Waals surface area contributed by atoms with Crippen LogP contribution < -0.4 is 4.74 Å². The van der Waals surface area contributed by atoms with Crippen molar-refractivity contribution in [3.05, 3.63) is 54.1 Å². The average Bonchev–Trinajstić information content (AvgIpc) is 2.97. The van der Waals surface area contributed by atoms with Crippen LogP contribution in [-0.2, 0) is 9.53 Å². The molecule has 2 aliphatic heterocycles. The number of aromatic nitrogens is 2. The molecule has 1 spiro atoms. The van der Waals surface area contributed by atoms with Crippen molar-refractivity contribution >= 4 is 17.7 Å². The van der Waals surface area contributed by atoms with E-state index in [0.29, 0.717) is 75.8 Å². The Morgan fingerprint density at radius 3 is 2.59 bits per heavy atom. The number of hydrogen-bond acceptors (Lipinski definition) is 7. The Kier molecular flexibility index (Phi) is 9.86.